The van der Waals surface area contributed by atoms with E-state index in [2.05, 4.69) is 196 Å². The minimum Gasteiger partial charge on any atom is -0.455 e. The van der Waals surface area contributed by atoms with E-state index in [-0.39, 0.29) is 5.41 Å². The van der Waals surface area contributed by atoms with Gasteiger partial charge >= 0.3 is 0 Å². The zero-order valence-corrected chi connectivity index (χ0v) is 31.2. The maximum atomic E-state index is 6.64. The molecule has 0 bridgehead atoms. The van der Waals surface area contributed by atoms with E-state index >= 15 is 0 Å². The summed E-state index contributed by atoms with van der Waals surface area (Å²) in [7, 11) is 0. The van der Waals surface area contributed by atoms with Crippen molar-refractivity contribution in [2.75, 3.05) is 0 Å². The van der Waals surface area contributed by atoms with Gasteiger partial charge in [0.1, 0.15) is 11.2 Å². The lowest BCUT2D eigenvalue weighted by atomic mass is 9.79. The summed E-state index contributed by atoms with van der Waals surface area (Å²) in [5.41, 5.74) is 14.5. The lowest BCUT2D eigenvalue weighted by Crippen LogP contribution is -2.15. The summed E-state index contributed by atoms with van der Waals surface area (Å²) in [5.74, 6) is 0. The van der Waals surface area contributed by atoms with Crippen LogP contribution in [-0.2, 0) is 5.41 Å². The fourth-order valence-electron chi connectivity index (χ4n) is 10.0. The summed E-state index contributed by atoms with van der Waals surface area (Å²) in [6.07, 6.45) is 0. The van der Waals surface area contributed by atoms with E-state index in [0.717, 1.165) is 11.2 Å². The number of benzene rings is 10. The Morgan fingerprint density at radius 1 is 0.375 bits per heavy atom. The van der Waals surface area contributed by atoms with E-state index in [1.807, 2.05) is 0 Å². The molecule has 1 heterocycles. The summed E-state index contributed by atoms with van der Waals surface area (Å²) in [6, 6.07) is 67.2. The first-order valence-electron chi connectivity index (χ1n) is 19.6. The van der Waals surface area contributed by atoms with Crippen molar-refractivity contribution < 1.29 is 4.42 Å². The average Bonchev–Trinajstić information content (AvgIpc) is 3.74. The van der Waals surface area contributed by atoms with Crippen LogP contribution >= 0.6 is 0 Å². The van der Waals surface area contributed by atoms with E-state index in [4.69, 9.17) is 4.42 Å². The van der Waals surface area contributed by atoms with Crippen molar-refractivity contribution in [2.24, 2.45) is 0 Å². The summed E-state index contributed by atoms with van der Waals surface area (Å²) >= 11 is 0. The Balaban J connectivity index is 1.02. The van der Waals surface area contributed by atoms with E-state index < -0.39 is 0 Å². The SMILES string of the molecule is CC1(C)c2cc(-c3cccc(-c4c5ccccc5c(-c5ccc6ccccc6c5)c5ccccc45)c3)ccc2-c2ccc3ccc4c5ccccc5oc4c3c21. The smallest absolute Gasteiger partial charge is 0.143 e. The number of hydrogen-bond donors (Lipinski definition) is 0. The maximum Gasteiger partial charge on any atom is 0.143 e. The van der Waals surface area contributed by atoms with Gasteiger partial charge in [-0.05, 0) is 124 Å². The molecular weight excluding hydrogens is 677 g/mol. The van der Waals surface area contributed by atoms with Crippen molar-refractivity contribution in [1.29, 1.82) is 0 Å². The first-order valence-corrected chi connectivity index (χ1v) is 19.6. The van der Waals surface area contributed by atoms with E-state index in [0.29, 0.717) is 0 Å². The number of rotatable bonds is 3. The van der Waals surface area contributed by atoms with Crippen LogP contribution in [0.1, 0.15) is 25.0 Å². The second-order valence-corrected chi connectivity index (χ2v) is 16.0. The van der Waals surface area contributed by atoms with Gasteiger partial charge in [-0.25, -0.2) is 0 Å². The predicted octanol–water partition coefficient (Wildman–Crippen LogP) is 15.5. The Morgan fingerprint density at radius 3 is 1.68 bits per heavy atom. The highest BCUT2D eigenvalue weighted by Gasteiger charge is 2.38. The minimum absolute atomic E-state index is 0.226. The maximum absolute atomic E-state index is 6.64. The number of para-hydroxylation sites is 1. The monoisotopic (exact) mass is 712 g/mol. The molecule has 0 atom stereocenters. The van der Waals surface area contributed by atoms with Crippen LogP contribution < -0.4 is 0 Å². The van der Waals surface area contributed by atoms with Gasteiger partial charge in [-0.15, -0.1) is 0 Å². The molecule has 1 aliphatic rings. The number of furan rings is 1. The average molecular weight is 713 g/mol. The fourth-order valence-corrected chi connectivity index (χ4v) is 10.0. The molecule has 0 unspecified atom stereocenters. The number of fused-ring (bicyclic) bond motifs is 12. The Bertz CT molecular complexity index is 3390. The van der Waals surface area contributed by atoms with Crippen LogP contribution in [0.15, 0.2) is 186 Å². The third kappa shape index (κ3) is 4.37. The van der Waals surface area contributed by atoms with Crippen molar-refractivity contribution in [3.63, 3.8) is 0 Å². The molecule has 0 N–H and O–H groups in total. The second-order valence-electron chi connectivity index (χ2n) is 16.0. The topological polar surface area (TPSA) is 13.1 Å². The third-order valence-corrected chi connectivity index (χ3v) is 12.6. The Kier molecular flexibility index (Phi) is 6.46. The molecule has 12 rings (SSSR count). The van der Waals surface area contributed by atoms with Gasteiger partial charge in [0.05, 0.1) is 0 Å². The molecule has 56 heavy (non-hydrogen) atoms. The van der Waals surface area contributed by atoms with Crippen molar-refractivity contribution in [3.8, 4) is 44.5 Å². The lowest BCUT2D eigenvalue weighted by molar-refractivity contribution is 0.656. The zero-order chi connectivity index (χ0) is 37.1. The Hall–Kier alpha value is -6.96. The van der Waals surface area contributed by atoms with Gasteiger partial charge in [0.2, 0.25) is 0 Å². The Labute approximate surface area is 325 Å². The van der Waals surface area contributed by atoms with Crippen LogP contribution in [-0.4, -0.2) is 0 Å². The Morgan fingerprint density at radius 2 is 0.929 bits per heavy atom. The normalized spacial score (nSPS) is 13.3. The summed E-state index contributed by atoms with van der Waals surface area (Å²) < 4.78 is 6.64. The van der Waals surface area contributed by atoms with Crippen molar-refractivity contribution in [2.45, 2.75) is 19.3 Å². The van der Waals surface area contributed by atoms with Gasteiger partial charge in [-0.2, -0.15) is 0 Å². The van der Waals surface area contributed by atoms with Gasteiger partial charge in [0.15, 0.2) is 0 Å². The standard InChI is InChI=1S/C55H36O/c1-55(2)48-32-37(26-27-40(48)46-28-24-34-25-29-47-41-16-9-10-21-49(41)56-54(47)52(34)53(46)55)36-14-11-15-38(31-36)50-42-17-5-7-19-44(42)51(45-20-8-6-18-43(45)50)39-23-22-33-12-3-4-13-35(33)30-39/h3-32H,1-2H3. The molecule has 0 spiro atoms. The first kappa shape index (κ1) is 31.4. The zero-order valence-electron chi connectivity index (χ0n) is 31.2. The van der Waals surface area contributed by atoms with Crippen LogP contribution in [0.25, 0.3) is 110 Å². The molecule has 1 heteroatoms. The largest absolute Gasteiger partial charge is 0.455 e. The highest BCUT2D eigenvalue weighted by atomic mass is 16.3. The van der Waals surface area contributed by atoms with Gasteiger partial charge < -0.3 is 4.42 Å². The molecule has 1 aliphatic carbocycles. The van der Waals surface area contributed by atoms with E-state index in [1.54, 1.807) is 0 Å². The second kappa shape index (κ2) is 11.5. The molecule has 0 fully saturated rings. The quantitative estimate of drug-likeness (QED) is 0.166. The van der Waals surface area contributed by atoms with Gasteiger partial charge in [-0.3, -0.25) is 0 Å². The van der Waals surface area contributed by atoms with Crippen molar-refractivity contribution in [1.82, 2.24) is 0 Å². The highest BCUT2D eigenvalue weighted by Crippen LogP contribution is 2.54. The van der Waals surface area contributed by atoms with Gasteiger partial charge in [0.25, 0.3) is 0 Å². The molecule has 0 saturated heterocycles. The van der Waals surface area contributed by atoms with Crippen LogP contribution in [0.4, 0.5) is 0 Å². The molecular formula is C55H36O. The first-order chi connectivity index (χ1) is 27.5. The van der Waals surface area contributed by atoms with E-state index in [9.17, 15) is 0 Å². The molecule has 0 aliphatic heterocycles. The van der Waals surface area contributed by atoms with Crippen LogP contribution in [0, 0.1) is 0 Å². The summed E-state index contributed by atoms with van der Waals surface area (Å²) in [4.78, 5) is 0. The molecule has 262 valence electrons. The van der Waals surface area contributed by atoms with Crippen molar-refractivity contribution >= 4 is 65.0 Å². The van der Waals surface area contributed by atoms with E-state index in [1.165, 1.54) is 109 Å². The predicted molar refractivity (Wildman–Crippen MR) is 238 cm³/mol. The fraction of sp³-hybridized carbons (Fsp3) is 0.0545. The molecule has 0 amide bonds. The van der Waals surface area contributed by atoms with Crippen LogP contribution in [0.2, 0.25) is 0 Å². The molecule has 0 saturated carbocycles. The van der Waals surface area contributed by atoms with Gasteiger partial charge in [0, 0.05) is 21.6 Å². The summed E-state index contributed by atoms with van der Waals surface area (Å²) in [6.45, 7) is 4.77. The highest BCUT2D eigenvalue weighted by molar-refractivity contribution is 6.22. The lowest BCUT2D eigenvalue weighted by Gasteiger charge is -2.24. The van der Waals surface area contributed by atoms with Crippen LogP contribution in [0.3, 0.4) is 0 Å². The molecule has 0 radical (unpaired) electrons. The molecule has 10 aromatic carbocycles. The number of hydrogen-bond acceptors (Lipinski definition) is 1. The third-order valence-electron chi connectivity index (χ3n) is 12.6. The molecule has 1 aromatic heterocycles. The summed E-state index contributed by atoms with van der Waals surface area (Å²) in [5, 5.41) is 12.4. The minimum atomic E-state index is -0.226. The van der Waals surface area contributed by atoms with Crippen molar-refractivity contribution in [3.05, 3.63) is 193 Å². The van der Waals surface area contributed by atoms with Gasteiger partial charge in [-0.1, -0.05) is 166 Å². The van der Waals surface area contributed by atoms with Crippen LogP contribution in [0.5, 0.6) is 0 Å². The molecule has 1 nitrogen and oxygen atoms in total. The molecule has 11 aromatic rings.